The van der Waals surface area contributed by atoms with Crippen LogP contribution in [0, 0.1) is 0 Å². The van der Waals surface area contributed by atoms with E-state index in [1.165, 1.54) is 96.3 Å². The van der Waals surface area contributed by atoms with Crippen LogP contribution in [0.1, 0.15) is 201 Å². The zero-order valence-corrected chi connectivity index (χ0v) is 61.4. The highest BCUT2D eigenvalue weighted by molar-refractivity contribution is 5.77. The van der Waals surface area contributed by atoms with Gasteiger partial charge in [-0.3, -0.25) is 14.4 Å². The van der Waals surface area contributed by atoms with Crippen molar-refractivity contribution < 1.29 is 153 Å². The number of hydrogen-bond acceptors (Lipinski definition) is 30. The molecule has 0 bridgehead atoms. The van der Waals surface area contributed by atoms with Gasteiger partial charge in [-0.15, -0.1) is 0 Å². The lowest BCUT2D eigenvalue weighted by Gasteiger charge is -2.50. The summed E-state index contributed by atoms with van der Waals surface area (Å²) in [6.45, 7) is 0.749. The van der Waals surface area contributed by atoms with E-state index in [0.29, 0.717) is 12.8 Å². The van der Waals surface area contributed by atoms with Crippen LogP contribution in [0.2, 0.25) is 0 Å². The molecule has 105 heavy (non-hydrogen) atoms. The number of hydrogen-bond donors (Lipinski definition) is 20. The summed E-state index contributed by atoms with van der Waals surface area (Å²) in [5.74, 6) is -6.94. The quantitative estimate of drug-likeness (QED) is 0.0235. The van der Waals surface area contributed by atoms with Gasteiger partial charge in [0.05, 0.1) is 63.9 Å². The first kappa shape index (κ1) is 92.2. The van der Waals surface area contributed by atoms with Crippen molar-refractivity contribution in [3.63, 3.8) is 0 Å². The monoisotopic (exact) mass is 1520 g/mol. The molecule has 0 radical (unpaired) electrons. The van der Waals surface area contributed by atoms with Gasteiger partial charge in [-0.25, -0.2) is 4.79 Å². The third-order valence-electron chi connectivity index (χ3n) is 20.1. The average molecular weight is 1520 g/mol. The fourth-order valence-electron chi connectivity index (χ4n) is 13.9. The van der Waals surface area contributed by atoms with Crippen LogP contribution in [-0.2, 0) is 66.5 Å². The topological polar surface area (TPSA) is 541 Å². The number of aliphatic carboxylic acids is 1. The number of rotatable bonds is 50. The van der Waals surface area contributed by atoms with E-state index in [4.69, 9.17) is 47.4 Å². The van der Waals surface area contributed by atoms with Crippen molar-refractivity contribution in [3.05, 3.63) is 12.2 Å². The zero-order valence-electron chi connectivity index (χ0n) is 61.4. The molecule has 5 fully saturated rings. The summed E-state index contributed by atoms with van der Waals surface area (Å²) in [5.41, 5.74) is 0. The highest BCUT2D eigenvalue weighted by atomic mass is 16.8. The van der Waals surface area contributed by atoms with E-state index < -0.39 is 235 Å². The summed E-state index contributed by atoms with van der Waals surface area (Å²) in [7, 11) is 0. The van der Waals surface area contributed by atoms with Crippen LogP contribution in [0.4, 0.5) is 0 Å². The summed E-state index contributed by atoms with van der Waals surface area (Å²) in [4.78, 5) is 51.2. The standard InChI is InChI=1S/C71H127N3O31/c1-5-7-9-11-13-15-17-19-21-23-25-27-29-31-43(81)42(74-50(84)32-30-28-26-24-22-20-18-16-14-12-10-8-6-2)38-96-67-60(92)58(90)63(48(37-78)100-67)103-69-61(93)65(55(87)46(35-76)98-69)104-66-52(73-41(4)80)56(88)62(47(36-77)99-66)102-68-59(91)57(89)54(86)49(101-68)39-97-71(70(94)95)33-44(82)51(72-40(3)79)64(105-71)53(85)45(83)34-75/h29,31,42-49,51-69,75-78,81-83,85-93H,5-28,30,32-39H2,1-4H3,(H,72,79)(H,73,80)(H,74,84)(H,94,95)/b31-29+/t42-,43+,44?,45+,46?,47?,48?,49?,51+,52?,53+,54-,55-,56+,57-,58+,59?,60?,61?,62+,63+,64?,65-,66-,67+,68-,69-,71+/m0/s1. The number of carbonyl (C=O) groups excluding carboxylic acids is 3. The van der Waals surface area contributed by atoms with Gasteiger partial charge in [0, 0.05) is 26.7 Å². The molecule has 0 aromatic carbocycles. The summed E-state index contributed by atoms with van der Waals surface area (Å²) in [5, 5.41) is 195. The second kappa shape index (κ2) is 48.4. The molecular formula is C71H127N3O31. The number of allylic oxidation sites excluding steroid dienone is 1. The number of carboxylic acids is 1. The number of amides is 3. The Morgan fingerprint density at radius 1 is 0.505 bits per heavy atom. The molecule has 612 valence electrons. The third kappa shape index (κ3) is 28.4. The highest BCUT2D eigenvalue weighted by Gasteiger charge is 2.59. The molecule has 10 unspecified atom stereocenters. The maximum absolute atomic E-state index is 13.5. The SMILES string of the molecule is CCCCCCCCCCCCC/C=C/[C@@H](O)[C@H](CO[C@@H]1OC(CO)[C@@H](O[C@@H]2OC(CO)[C@H](O)[C@H](O[C@@H]3OC(CO)[C@@H](O[C@@H]4OC(CO[C@]5(C(=O)O)CC(O)[C@@H](NC(C)=O)C([C@H](O)[C@H](O)CO)O5)[C@H](O)[C@H](O)C4O)[C@H](O)C3NC(C)=O)C2O)[C@H](O)C1O)NC(=O)CCCCCCCCCCCCCCC. The zero-order chi connectivity index (χ0) is 77.3. The smallest absolute Gasteiger partial charge is 0.364 e. The Labute approximate surface area is 614 Å². The predicted molar refractivity (Wildman–Crippen MR) is 369 cm³/mol. The highest BCUT2D eigenvalue weighted by Crippen LogP contribution is 2.38. The number of nitrogens with one attached hydrogen (secondary N) is 3. The Bertz CT molecular complexity index is 2470. The molecule has 0 aliphatic carbocycles. The molecule has 5 aliphatic rings. The Balaban J connectivity index is 1.24. The van der Waals surface area contributed by atoms with E-state index in [0.717, 1.165) is 65.2 Å². The van der Waals surface area contributed by atoms with Crippen molar-refractivity contribution in [3.8, 4) is 0 Å². The molecule has 0 aromatic heterocycles. The fraction of sp³-hybridized carbons (Fsp3) is 0.915. The van der Waals surface area contributed by atoms with Gasteiger partial charge in [0.25, 0.3) is 5.79 Å². The van der Waals surface area contributed by atoms with E-state index in [1.807, 2.05) is 6.08 Å². The van der Waals surface area contributed by atoms with Crippen LogP contribution in [0.15, 0.2) is 12.2 Å². The van der Waals surface area contributed by atoms with Crippen molar-refractivity contribution in [2.75, 3.05) is 39.6 Å². The van der Waals surface area contributed by atoms with Crippen LogP contribution in [0.3, 0.4) is 0 Å². The van der Waals surface area contributed by atoms with Gasteiger partial charge in [0.15, 0.2) is 25.2 Å². The average Bonchev–Trinajstić information content (AvgIpc) is 0.769. The minimum Gasteiger partial charge on any atom is -0.477 e. The Morgan fingerprint density at radius 3 is 1.48 bits per heavy atom. The molecule has 0 saturated carbocycles. The van der Waals surface area contributed by atoms with Gasteiger partial charge >= 0.3 is 5.97 Å². The van der Waals surface area contributed by atoms with E-state index in [1.54, 1.807) is 6.08 Å². The van der Waals surface area contributed by atoms with Gasteiger partial charge < -0.3 is 150 Å². The van der Waals surface area contributed by atoms with Crippen LogP contribution >= 0.6 is 0 Å². The van der Waals surface area contributed by atoms with Crippen molar-refractivity contribution >= 4 is 23.7 Å². The number of aliphatic hydroxyl groups is 16. The van der Waals surface area contributed by atoms with E-state index in [-0.39, 0.29) is 12.3 Å². The minimum absolute atomic E-state index is 0.175. The molecule has 5 aliphatic heterocycles. The maximum atomic E-state index is 13.5. The molecule has 34 nitrogen and oxygen atoms in total. The summed E-state index contributed by atoms with van der Waals surface area (Å²) >= 11 is 0. The Kier molecular flexibility index (Phi) is 42.5. The lowest BCUT2D eigenvalue weighted by atomic mass is 9.88. The summed E-state index contributed by atoms with van der Waals surface area (Å²) in [6, 6.07) is -4.49. The van der Waals surface area contributed by atoms with Gasteiger partial charge in [-0.05, 0) is 19.3 Å². The van der Waals surface area contributed by atoms with Crippen LogP contribution in [0.5, 0.6) is 0 Å². The molecule has 5 heterocycles. The van der Waals surface area contributed by atoms with Crippen molar-refractivity contribution in [2.24, 2.45) is 0 Å². The maximum Gasteiger partial charge on any atom is 0.364 e. The van der Waals surface area contributed by atoms with E-state index in [9.17, 15) is 106 Å². The fourth-order valence-corrected chi connectivity index (χ4v) is 13.9. The van der Waals surface area contributed by atoms with E-state index in [2.05, 4.69) is 29.8 Å². The minimum atomic E-state index is -2.98. The van der Waals surface area contributed by atoms with Crippen molar-refractivity contribution in [2.45, 2.75) is 372 Å². The Morgan fingerprint density at radius 2 is 0.962 bits per heavy atom. The van der Waals surface area contributed by atoms with Gasteiger partial charge in [0.2, 0.25) is 17.7 Å². The second-order valence-corrected chi connectivity index (χ2v) is 28.6. The molecule has 20 N–H and O–H groups in total. The predicted octanol–water partition coefficient (Wildman–Crippen LogP) is -1.82. The molecule has 0 aromatic rings. The summed E-state index contributed by atoms with van der Waals surface area (Å²) in [6.07, 6.45) is -16.2. The molecule has 34 heteroatoms. The Hall–Kier alpha value is -3.42. The van der Waals surface area contributed by atoms with E-state index >= 15 is 0 Å². The number of carbonyl (C=O) groups is 4. The molecule has 5 rings (SSSR count). The lowest BCUT2D eigenvalue weighted by molar-refractivity contribution is -0.383. The summed E-state index contributed by atoms with van der Waals surface area (Å²) < 4.78 is 58.5. The number of ether oxygens (including phenoxy) is 10. The van der Waals surface area contributed by atoms with Gasteiger partial charge in [-0.1, -0.05) is 167 Å². The van der Waals surface area contributed by atoms with Gasteiger partial charge in [-0.2, -0.15) is 0 Å². The van der Waals surface area contributed by atoms with Crippen molar-refractivity contribution in [1.29, 1.82) is 0 Å². The second-order valence-electron chi connectivity index (χ2n) is 28.6. The molecule has 5 saturated heterocycles. The normalized spacial score (nSPS) is 35.0. The molecular weight excluding hydrogens is 1390 g/mol. The number of carboxylic acid groups (broad SMARTS) is 1. The number of aliphatic hydroxyl groups excluding tert-OH is 16. The third-order valence-corrected chi connectivity index (χ3v) is 20.1. The molecule has 3 amide bonds. The molecule has 0 spiro atoms. The first-order chi connectivity index (χ1) is 50.2. The van der Waals surface area contributed by atoms with Crippen LogP contribution < -0.4 is 16.0 Å². The molecule has 28 atom stereocenters. The van der Waals surface area contributed by atoms with Crippen molar-refractivity contribution in [1.82, 2.24) is 16.0 Å². The largest absolute Gasteiger partial charge is 0.477 e. The van der Waals surface area contributed by atoms with Gasteiger partial charge in [0.1, 0.15) is 116 Å². The lowest BCUT2D eigenvalue weighted by Crippen LogP contribution is -2.70. The van der Waals surface area contributed by atoms with Crippen LogP contribution in [-0.4, -0.2) is 321 Å². The first-order valence-corrected chi connectivity index (χ1v) is 38.1. The van der Waals surface area contributed by atoms with Crippen LogP contribution in [0.25, 0.3) is 0 Å². The number of unbranched alkanes of at least 4 members (excludes halogenated alkanes) is 23. The first-order valence-electron chi connectivity index (χ1n) is 38.1.